The Kier molecular flexibility index (Phi) is 6.26. The Balaban J connectivity index is 1.75. The molecule has 1 fully saturated rings. The minimum absolute atomic E-state index is 0.340. The van der Waals surface area contributed by atoms with Crippen molar-refractivity contribution in [2.75, 3.05) is 40.5 Å². The van der Waals surface area contributed by atoms with Crippen LogP contribution in [-0.2, 0) is 4.74 Å². The number of methoxy groups -OCH3 is 2. The van der Waals surface area contributed by atoms with Gasteiger partial charge in [0, 0.05) is 18.7 Å². The summed E-state index contributed by atoms with van der Waals surface area (Å²) >= 11 is 5.57. The zero-order chi connectivity index (χ0) is 19.2. The lowest BCUT2D eigenvalue weighted by atomic mass is 10.1. The second-order valence-corrected chi connectivity index (χ2v) is 6.27. The number of nitrogens with zero attached hydrogens (tertiary/aromatic N) is 1. The Hall–Kier alpha value is -2.64. The van der Waals surface area contributed by atoms with Crippen LogP contribution in [-0.4, -0.2) is 56.4 Å². The summed E-state index contributed by atoms with van der Waals surface area (Å²) in [6.45, 7) is 2.84. The fraction of sp³-hybridized carbons (Fsp3) is 0.300. The lowest BCUT2D eigenvalue weighted by Crippen LogP contribution is -2.40. The van der Waals surface area contributed by atoms with E-state index in [0.717, 1.165) is 23.6 Å². The first-order valence-corrected chi connectivity index (χ1v) is 8.94. The monoisotopic (exact) mass is 387 g/mol. The fourth-order valence-corrected chi connectivity index (χ4v) is 3.03. The van der Waals surface area contributed by atoms with E-state index in [2.05, 4.69) is 4.90 Å². The minimum atomic E-state index is -0.473. The minimum Gasteiger partial charge on any atom is -0.497 e. The van der Waals surface area contributed by atoms with Gasteiger partial charge in [-0.25, -0.2) is 4.79 Å². The van der Waals surface area contributed by atoms with E-state index >= 15 is 0 Å². The number of hydrogen-bond acceptors (Lipinski definition) is 6. The molecule has 0 N–H and O–H groups in total. The van der Waals surface area contributed by atoms with Crippen LogP contribution in [0.3, 0.4) is 0 Å². The summed E-state index contributed by atoms with van der Waals surface area (Å²) < 4.78 is 21.3. The molecule has 0 radical (unpaired) electrons. The Morgan fingerprint density at radius 1 is 0.963 bits per heavy atom. The second kappa shape index (κ2) is 8.83. The van der Waals surface area contributed by atoms with Crippen LogP contribution in [0.1, 0.15) is 15.9 Å². The summed E-state index contributed by atoms with van der Waals surface area (Å²) in [4.78, 5) is 15.2. The molecule has 1 saturated heterocycles. The summed E-state index contributed by atoms with van der Waals surface area (Å²) in [6, 6.07) is 12.0. The highest BCUT2D eigenvalue weighted by Crippen LogP contribution is 2.30. The highest BCUT2D eigenvalue weighted by molar-refractivity contribution is 7.80. The lowest BCUT2D eigenvalue weighted by Gasteiger charge is -2.29. The molecule has 2 aromatic carbocycles. The molecule has 3 rings (SSSR count). The normalized spacial score (nSPS) is 13.8. The van der Waals surface area contributed by atoms with Gasteiger partial charge in [-0.15, -0.1) is 0 Å². The van der Waals surface area contributed by atoms with E-state index in [1.807, 2.05) is 6.07 Å². The van der Waals surface area contributed by atoms with E-state index in [1.54, 1.807) is 43.5 Å². The molecule has 0 spiro atoms. The van der Waals surface area contributed by atoms with Crippen molar-refractivity contribution >= 4 is 23.2 Å². The van der Waals surface area contributed by atoms with Crippen LogP contribution in [0.25, 0.3) is 0 Å². The van der Waals surface area contributed by atoms with Crippen molar-refractivity contribution < 1.29 is 23.7 Å². The summed E-state index contributed by atoms with van der Waals surface area (Å²) in [5.74, 6) is 0.987. The number of rotatable bonds is 5. The zero-order valence-corrected chi connectivity index (χ0v) is 16.1. The summed E-state index contributed by atoms with van der Waals surface area (Å²) in [7, 11) is 3.10. The average molecular weight is 387 g/mol. The number of morpholine rings is 1. The molecule has 27 heavy (non-hydrogen) atoms. The van der Waals surface area contributed by atoms with E-state index in [9.17, 15) is 4.79 Å². The quantitative estimate of drug-likeness (QED) is 0.444. The highest BCUT2D eigenvalue weighted by Gasteiger charge is 2.18. The molecule has 0 unspecified atom stereocenters. The Morgan fingerprint density at radius 3 is 2.26 bits per heavy atom. The molecule has 1 aliphatic rings. The first-order chi connectivity index (χ1) is 13.1. The van der Waals surface area contributed by atoms with Crippen LogP contribution in [0.2, 0.25) is 0 Å². The molecule has 0 aromatic heterocycles. The first-order valence-electron chi connectivity index (χ1n) is 8.53. The summed E-state index contributed by atoms with van der Waals surface area (Å²) in [6.07, 6.45) is 0. The molecule has 1 aliphatic heterocycles. The van der Waals surface area contributed by atoms with Crippen LogP contribution < -0.4 is 14.2 Å². The summed E-state index contributed by atoms with van der Waals surface area (Å²) in [5.41, 5.74) is 1.26. The number of esters is 1. The van der Waals surface area contributed by atoms with Crippen LogP contribution >= 0.6 is 12.2 Å². The van der Waals surface area contributed by atoms with Crippen LogP contribution in [0, 0.1) is 0 Å². The van der Waals surface area contributed by atoms with E-state index in [1.165, 1.54) is 7.11 Å². The number of carbonyl (C=O) groups is 1. The zero-order valence-electron chi connectivity index (χ0n) is 15.3. The van der Waals surface area contributed by atoms with E-state index < -0.39 is 5.97 Å². The van der Waals surface area contributed by atoms with E-state index in [4.69, 9.17) is 31.2 Å². The molecule has 0 saturated carbocycles. The maximum absolute atomic E-state index is 12.4. The van der Waals surface area contributed by atoms with Gasteiger partial charge in [0.1, 0.15) is 10.7 Å². The molecular formula is C20H21NO5S. The molecular weight excluding hydrogens is 366 g/mol. The Bertz CT molecular complexity index is 816. The van der Waals surface area contributed by atoms with Gasteiger partial charge >= 0.3 is 5.97 Å². The van der Waals surface area contributed by atoms with Gasteiger partial charge in [0.25, 0.3) is 0 Å². The molecule has 0 aliphatic carbocycles. The van der Waals surface area contributed by atoms with Gasteiger partial charge in [-0.2, -0.15) is 0 Å². The fourth-order valence-electron chi connectivity index (χ4n) is 2.72. The van der Waals surface area contributed by atoms with Gasteiger partial charge in [-0.05, 0) is 42.5 Å². The third-order valence-electron chi connectivity index (χ3n) is 4.24. The Morgan fingerprint density at radius 2 is 1.63 bits per heavy atom. The van der Waals surface area contributed by atoms with Crippen LogP contribution in [0.5, 0.6) is 17.2 Å². The molecule has 142 valence electrons. The lowest BCUT2D eigenvalue weighted by molar-refractivity contribution is 0.0692. The predicted molar refractivity (Wildman–Crippen MR) is 105 cm³/mol. The van der Waals surface area contributed by atoms with Crippen molar-refractivity contribution in [1.29, 1.82) is 0 Å². The second-order valence-electron chi connectivity index (χ2n) is 5.89. The van der Waals surface area contributed by atoms with Gasteiger partial charge in [-0.1, -0.05) is 12.2 Å². The molecule has 6 nitrogen and oxygen atoms in total. The molecule has 0 bridgehead atoms. The van der Waals surface area contributed by atoms with Gasteiger partial charge in [0.2, 0.25) is 0 Å². The van der Waals surface area contributed by atoms with Crippen molar-refractivity contribution in [3.63, 3.8) is 0 Å². The number of ether oxygens (including phenoxy) is 4. The third kappa shape index (κ3) is 4.56. The topological polar surface area (TPSA) is 57.2 Å². The van der Waals surface area contributed by atoms with E-state index in [-0.39, 0.29) is 0 Å². The standard InChI is InChI=1S/C20H21NO5S/c1-23-16-6-3-14(4-7-16)20(22)26-17-8-5-15(13-18(17)24-2)19(27)21-9-11-25-12-10-21/h3-8,13H,9-12H2,1-2H3. The molecule has 2 aromatic rings. The largest absolute Gasteiger partial charge is 0.497 e. The van der Waals surface area contributed by atoms with Crippen molar-refractivity contribution in [1.82, 2.24) is 4.90 Å². The third-order valence-corrected chi connectivity index (χ3v) is 4.73. The smallest absolute Gasteiger partial charge is 0.343 e. The SMILES string of the molecule is COc1ccc(C(=O)Oc2ccc(C(=S)N3CCOCC3)cc2OC)cc1. The van der Waals surface area contributed by atoms with E-state index in [0.29, 0.717) is 36.0 Å². The number of hydrogen-bond donors (Lipinski definition) is 0. The van der Waals surface area contributed by atoms with Gasteiger partial charge < -0.3 is 23.8 Å². The first kappa shape index (κ1) is 19.1. The number of carbonyl (C=O) groups excluding carboxylic acids is 1. The maximum Gasteiger partial charge on any atom is 0.343 e. The maximum atomic E-state index is 12.4. The van der Waals surface area contributed by atoms with Crippen molar-refractivity contribution in [2.24, 2.45) is 0 Å². The van der Waals surface area contributed by atoms with Gasteiger partial charge in [-0.3, -0.25) is 0 Å². The summed E-state index contributed by atoms with van der Waals surface area (Å²) in [5, 5.41) is 0. The van der Waals surface area contributed by atoms with Gasteiger partial charge in [0.15, 0.2) is 11.5 Å². The molecule has 7 heteroatoms. The van der Waals surface area contributed by atoms with Crippen LogP contribution in [0.15, 0.2) is 42.5 Å². The number of benzene rings is 2. The number of thiocarbonyl (C=S) groups is 1. The molecule has 0 amide bonds. The van der Waals surface area contributed by atoms with Gasteiger partial charge in [0.05, 0.1) is 33.0 Å². The Labute approximate surface area is 163 Å². The average Bonchev–Trinajstić information content (AvgIpc) is 2.74. The highest BCUT2D eigenvalue weighted by atomic mass is 32.1. The van der Waals surface area contributed by atoms with Crippen molar-refractivity contribution in [3.05, 3.63) is 53.6 Å². The molecule has 0 atom stereocenters. The van der Waals surface area contributed by atoms with Crippen LogP contribution in [0.4, 0.5) is 0 Å². The van der Waals surface area contributed by atoms with Crippen molar-refractivity contribution in [3.8, 4) is 17.2 Å². The predicted octanol–water partition coefficient (Wildman–Crippen LogP) is 2.93. The van der Waals surface area contributed by atoms with Crippen molar-refractivity contribution in [2.45, 2.75) is 0 Å². The molecule has 1 heterocycles.